The first kappa shape index (κ1) is 14.1. The Kier molecular flexibility index (Phi) is 4.00. The van der Waals surface area contributed by atoms with Gasteiger partial charge in [0.2, 0.25) is 0 Å². The Balaban J connectivity index is 2.87. The van der Waals surface area contributed by atoms with Crippen LogP contribution in [0.5, 0.6) is 0 Å². The highest BCUT2D eigenvalue weighted by molar-refractivity contribution is 6.00. The molecule has 1 aromatic rings. The number of carbonyl (C=O) groups is 1. The van der Waals surface area contributed by atoms with Crippen LogP contribution in [0.25, 0.3) is 0 Å². The van der Waals surface area contributed by atoms with Crippen LogP contribution in [0, 0.1) is 0 Å². The average molecular weight is 265 g/mol. The molecule has 8 heteroatoms. The number of hydrogen-bond acceptors (Lipinski definition) is 3. The molecule has 0 aliphatic heterocycles. The number of nitrogens with two attached hydrogens (primary N) is 2. The van der Waals surface area contributed by atoms with Gasteiger partial charge in [0.1, 0.15) is 0 Å². The van der Waals surface area contributed by atoms with Gasteiger partial charge in [0.15, 0.2) is 0 Å². The summed E-state index contributed by atoms with van der Waals surface area (Å²) in [6.45, 7) is -1.29. The summed E-state index contributed by atoms with van der Waals surface area (Å²) < 4.78 is 49.2. The molecule has 0 radical (unpaired) electrons. The van der Waals surface area contributed by atoms with E-state index < -0.39 is 24.8 Å². The number of amides is 1. The van der Waals surface area contributed by atoms with E-state index in [-0.39, 0.29) is 16.9 Å². The van der Waals surface area contributed by atoms with Crippen LogP contribution in [0.1, 0.15) is 10.4 Å². The third kappa shape index (κ3) is 3.02. The van der Waals surface area contributed by atoms with Crippen LogP contribution in [0.3, 0.4) is 0 Å². The molecule has 18 heavy (non-hydrogen) atoms. The van der Waals surface area contributed by atoms with E-state index in [1.807, 2.05) is 0 Å². The maximum atomic E-state index is 12.7. The third-order valence-electron chi connectivity index (χ3n) is 2.21. The minimum Gasteiger partial charge on any atom is -0.396 e. The summed E-state index contributed by atoms with van der Waals surface area (Å²) in [7, 11) is 0. The minimum absolute atomic E-state index is 0.0494. The first-order valence-electron chi connectivity index (χ1n) is 4.84. The molecule has 0 aromatic heterocycles. The molecule has 0 saturated carbocycles. The predicted molar refractivity (Wildman–Crippen MR) is 58.8 cm³/mol. The standard InChI is InChI=1S/C10H11F4N3O/c11-9(12)10(13,14)4-17-6-3-1-2-5(7(6)15)8(16)18/h1-3,9,17H,4,15H2,(H2,16,18). The van der Waals surface area contributed by atoms with Crippen molar-refractivity contribution in [2.75, 3.05) is 17.6 Å². The Bertz CT molecular complexity index is 451. The molecule has 0 aliphatic carbocycles. The van der Waals surface area contributed by atoms with Crippen LogP contribution in [0.15, 0.2) is 18.2 Å². The molecule has 0 spiro atoms. The number of hydrogen-bond donors (Lipinski definition) is 3. The van der Waals surface area contributed by atoms with Crippen molar-refractivity contribution in [3.05, 3.63) is 23.8 Å². The number of para-hydroxylation sites is 1. The van der Waals surface area contributed by atoms with Gasteiger partial charge in [-0.25, -0.2) is 8.78 Å². The smallest absolute Gasteiger partial charge is 0.324 e. The van der Waals surface area contributed by atoms with Gasteiger partial charge in [0, 0.05) is 0 Å². The van der Waals surface area contributed by atoms with Gasteiger partial charge >= 0.3 is 12.3 Å². The lowest BCUT2D eigenvalue weighted by atomic mass is 10.1. The third-order valence-corrected chi connectivity index (χ3v) is 2.21. The van der Waals surface area contributed by atoms with Crippen LogP contribution in [0.4, 0.5) is 28.9 Å². The van der Waals surface area contributed by atoms with Crippen LogP contribution in [-0.2, 0) is 0 Å². The molecule has 0 fully saturated rings. The van der Waals surface area contributed by atoms with E-state index in [0.29, 0.717) is 0 Å². The Morgan fingerprint density at radius 3 is 2.50 bits per heavy atom. The number of nitrogen functional groups attached to an aromatic ring is 1. The monoisotopic (exact) mass is 265 g/mol. The molecule has 0 heterocycles. The van der Waals surface area contributed by atoms with Crippen molar-refractivity contribution in [3.63, 3.8) is 0 Å². The summed E-state index contributed by atoms with van der Waals surface area (Å²) in [6.07, 6.45) is -3.79. The lowest BCUT2D eigenvalue weighted by Crippen LogP contribution is -2.35. The molecule has 100 valence electrons. The fourth-order valence-electron chi connectivity index (χ4n) is 1.22. The molecule has 4 nitrogen and oxygen atoms in total. The van der Waals surface area contributed by atoms with Gasteiger partial charge in [-0.2, -0.15) is 8.78 Å². The molecule has 0 aliphatic rings. The Hall–Kier alpha value is -1.99. The lowest BCUT2D eigenvalue weighted by Gasteiger charge is -2.18. The zero-order valence-electron chi connectivity index (χ0n) is 9.09. The summed E-state index contributed by atoms with van der Waals surface area (Å²) in [5.41, 5.74) is 10.2. The number of nitrogens with one attached hydrogen (secondary N) is 1. The van der Waals surface area contributed by atoms with Crippen LogP contribution in [-0.4, -0.2) is 24.8 Å². The van der Waals surface area contributed by atoms with E-state index >= 15 is 0 Å². The van der Waals surface area contributed by atoms with E-state index in [2.05, 4.69) is 5.32 Å². The first-order valence-corrected chi connectivity index (χ1v) is 4.84. The van der Waals surface area contributed by atoms with Gasteiger partial charge in [0.25, 0.3) is 5.91 Å². The minimum atomic E-state index is -4.19. The molecule has 1 amide bonds. The van der Waals surface area contributed by atoms with Crippen molar-refractivity contribution in [2.45, 2.75) is 12.3 Å². The maximum absolute atomic E-state index is 12.7. The highest BCUT2D eigenvalue weighted by Crippen LogP contribution is 2.26. The van der Waals surface area contributed by atoms with Gasteiger partial charge in [-0.3, -0.25) is 4.79 Å². The van der Waals surface area contributed by atoms with Gasteiger partial charge in [-0.15, -0.1) is 0 Å². The number of anilines is 2. The second-order valence-electron chi connectivity index (χ2n) is 3.55. The number of primary amides is 1. The molecule has 1 aromatic carbocycles. The molecular weight excluding hydrogens is 254 g/mol. The molecule has 5 N–H and O–H groups in total. The number of carbonyl (C=O) groups excluding carboxylic acids is 1. The van der Waals surface area contributed by atoms with Crippen molar-refractivity contribution in [1.29, 1.82) is 0 Å². The van der Waals surface area contributed by atoms with Crippen molar-refractivity contribution in [2.24, 2.45) is 5.73 Å². The van der Waals surface area contributed by atoms with Crippen LogP contribution in [0.2, 0.25) is 0 Å². The normalized spacial score (nSPS) is 11.6. The molecule has 0 saturated heterocycles. The SMILES string of the molecule is NC(=O)c1cccc(NCC(F)(F)C(F)F)c1N. The topological polar surface area (TPSA) is 81.1 Å². The summed E-state index contributed by atoms with van der Waals surface area (Å²) in [4.78, 5) is 10.9. The molecule has 0 bridgehead atoms. The van der Waals surface area contributed by atoms with E-state index in [0.717, 1.165) is 0 Å². The number of rotatable bonds is 5. The largest absolute Gasteiger partial charge is 0.396 e. The fraction of sp³-hybridized carbons (Fsp3) is 0.300. The summed E-state index contributed by atoms with van der Waals surface area (Å²) in [5.74, 6) is -5.02. The molecular formula is C10H11F4N3O. The summed E-state index contributed by atoms with van der Waals surface area (Å²) >= 11 is 0. The highest BCUT2D eigenvalue weighted by Gasteiger charge is 2.40. The molecule has 0 atom stereocenters. The van der Waals surface area contributed by atoms with Crippen molar-refractivity contribution in [3.8, 4) is 0 Å². The van der Waals surface area contributed by atoms with Crippen molar-refractivity contribution >= 4 is 17.3 Å². The maximum Gasteiger partial charge on any atom is 0.324 e. The number of alkyl halides is 4. The van der Waals surface area contributed by atoms with Crippen molar-refractivity contribution < 1.29 is 22.4 Å². The Morgan fingerprint density at radius 2 is 2.00 bits per heavy atom. The molecule has 1 rings (SSSR count). The fourth-order valence-corrected chi connectivity index (χ4v) is 1.22. The van der Waals surface area contributed by atoms with E-state index in [1.165, 1.54) is 18.2 Å². The van der Waals surface area contributed by atoms with E-state index in [9.17, 15) is 22.4 Å². The zero-order chi connectivity index (χ0) is 13.9. The Labute approximate surface area is 99.9 Å². The summed E-state index contributed by atoms with van der Waals surface area (Å²) in [6, 6.07) is 3.93. The van der Waals surface area contributed by atoms with Gasteiger partial charge in [0.05, 0.1) is 23.5 Å². The Morgan fingerprint density at radius 1 is 1.39 bits per heavy atom. The number of benzene rings is 1. The zero-order valence-corrected chi connectivity index (χ0v) is 9.09. The predicted octanol–water partition coefficient (Wildman–Crippen LogP) is 1.68. The van der Waals surface area contributed by atoms with Gasteiger partial charge in [-0.1, -0.05) is 6.07 Å². The highest BCUT2D eigenvalue weighted by atomic mass is 19.3. The second kappa shape index (κ2) is 5.11. The first-order chi connectivity index (χ1) is 8.25. The van der Waals surface area contributed by atoms with Gasteiger partial charge < -0.3 is 16.8 Å². The van der Waals surface area contributed by atoms with Gasteiger partial charge in [-0.05, 0) is 12.1 Å². The van der Waals surface area contributed by atoms with E-state index in [4.69, 9.17) is 11.5 Å². The second-order valence-corrected chi connectivity index (χ2v) is 3.55. The quantitative estimate of drug-likeness (QED) is 0.559. The van der Waals surface area contributed by atoms with Crippen LogP contribution >= 0.6 is 0 Å². The number of halogens is 4. The lowest BCUT2D eigenvalue weighted by molar-refractivity contribution is -0.117. The van der Waals surface area contributed by atoms with Crippen molar-refractivity contribution in [1.82, 2.24) is 0 Å². The van der Waals surface area contributed by atoms with E-state index in [1.54, 1.807) is 0 Å². The molecule has 0 unspecified atom stereocenters. The average Bonchev–Trinajstić information content (AvgIpc) is 2.27. The van der Waals surface area contributed by atoms with Crippen LogP contribution < -0.4 is 16.8 Å². The summed E-state index contributed by atoms with van der Waals surface area (Å²) in [5, 5.41) is 2.07.